The van der Waals surface area contributed by atoms with Gasteiger partial charge in [-0.05, 0) is 56.6 Å². The molecule has 3 N–H and O–H groups in total. The van der Waals surface area contributed by atoms with Crippen LogP contribution < -0.4 is 16.2 Å². The van der Waals surface area contributed by atoms with Crippen molar-refractivity contribution in [2.45, 2.75) is 44.5 Å². The van der Waals surface area contributed by atoms with Crippen molar-refractivity contribution in [3.8, 4) is 16.6 Å². The van der Waals surface area contributed by atoms with Crippen LogP contribution in [0.25, 0.3) is 21.5 Å². The number of rotatable bonds is 8. The van der Waals surface area contributed by atoms with Gasteiger partial charge in [-0.25, -0.2) is 14.8 Å². The van der Waals surface area contributed by atoms with Gasteiger partial charge in [-0.2, -0.15) is 5.26 Å². The number of ether oxygens (including phenoxy) is 1. The quantitative estimate of drug-likeness (QED) is 0.283. The maximum atomic E-state index is 13.8. The Morgan fingerprint density at radius 1 is 1.26 bits per heavy atom. The molecule has 6 rings (SSSR count). The van der Waals surface area contributed by atoms with Crippen molar-refractivity contribution >= 4 is 34.0 Å². The van der Waals surface area contributed by atoms with Gasteiger partial charge >= 0.3 is 6.09 Å². The standard InChI is InChI=1S/C30H31N7O4S/c1-17-34-25-10-22(28-33-14-27(42-28)26(38)13-32-2)24(35-20-7-8-36-21(9-20)16-41-30(36)40)11-23(25)29(39)37(17)15-19-5-3-18(12-31)4-6-19/h3-6,10-11,14,20-21,26,32,35,38H,7-9,13,15-16H2,1-2H3/t20-,21-,26-/m0/s1. The molecule has 11 nitrogen and oxygen atoms in total. The fraction of sp³-hybridized carbons (Fsp3) is 0.367. The number of nitrogens with one attached hydrogen (secondary N) is 2. The monoisotopic (exact) mass is 585 g/mol. The Balaban J connectivity index is 1.40. The molecule has 0 bridgehead atoms. The number of anilines is 1. The zero-order chi connectivity index (χ0) is 29.4. The second-order valence-electron chi connectivity index (χ2n) is 10.7. The highest BCUT2D eigenvalue weighted by Crippen LogP contribution is 2.37. The number of hydrogen-bond acceptors (Lipinski definition) is 10. The molecule has 0 spiro atoms. The van der Waals surface area contributed by atoms with Crippen LogP contribution in [0, 0.1) is 18.3 Å². The molecule has 0 radical (unpaired) electrons. The first-order valence-electron chi connectivity index (χ1n) is 13.9. The van der Waals surface area contributed by atoms with Gasteiger partial charge in [0.05, 0.1) is 40.0 Å². The molecule has 0 unspecified atom stereocenters. The van der Waals surface area contributed by atoms with E-state index in [-0.39, 0.29) is 23.7 Å². The molecule has 0 saturated carbocycles. The molecular weight excluding hydrogens is 554 g/mol. The SMILES string of the molecule is CNC[C@H](O)c1cnc(-c2cc3nc(C)n(Cc4ccc(C#N)cc4)c(=O)c3cc2N[C@H]2CCN3C(=O)OC[C@@H]3C2)s1. The third-order valence-corrected chi connectivity index (χ3v) is 9.03. The first-order valence-corrected chi connectivity index (χ1v) is 14.7. The molecule has 1 amide bonds. The van der Waals surface area contributed by atoms with Crippen LogP contribution in [0.5, 0.6) is 0 Å². The van der Waals surface area contributed by atoms with E-state index in [0.29, 0.717) is 53.5 Å². The lowest BCUT2D eigenvalue weighted by atomic mass is 9.97. The van der Waals surface area contributed by atoms with Crippen LogP contribution in [0.2, 0.25) is 0 Å². The zero-order valence-electron chi connectivity index (χ0n) is 23.3. The van der Waals surface area contributed by atoms with E-state index in [4.69, 9.17) is 15.0 Å². The Bertz CT molecular complexity index is 1740. The number of thiazole rings is 1. The second-order valence-corrected chi connectivity index (χ2v) is 11.8. The van der Waals surface area contributed by atoms with Gasteiger partial charge in [-0.1, -0.05) is 12.1 Å². The van der Waals surface area contributed by atoms with Crippen LogP contribution in [0.3, 0.4) is 0 Å². The lowest BCUT2D eigenvalue weighted by molar-refractivity contribution is 0.153. The van der Waals surface area contributed by atoms with Crippen LogP contribution in [0.4, 0.5) is 10.5 Å². The summed E-state index contributed by atoms with van der Waals surface area (Å²) in [5, 5.41) is 27.5. The molecule has 12 heteroatoms. The minimum atomic E-state index is -0.683. The summed E-state index contributed by atoms with van der Waals surface area (Å²) >= 11 is 1.40. The summed E-state index contributed by atoms with van der Waals surface area (Å²) in [6, 6.07) is 13.1. The number of carbonyl (C=O) groups is 1. The van der Waals surface area contributed by atoms with Crippen LogP contribution in [0.1, 0.15) is 40.8 Å². The van der Waals surface area contributed by atoms with E-state index in [9.17, 15) is 14.7 Å². The van der Waals surface area contributed by atoms with Gasteiger partial charge in [0.1, 0.15) is 23.5 Å². The Hall–Kier alpha value is -4.31. The van der Waals surface area contributed by atoms with Gasteiger partial charge < -0.3 is 25.4 Å². The van der Waals surface area contributed by atoms with E-state index in [1.807, 2.05) is 31.2 Å². The van der Waals surface area contributed by atoms with Gasteiger partial charge in [-0.3, -0.25) is 9.36 Å². The number of piperidine rings is 1. The van der Waals surface area contributed by atoms with Crippen LogP contribution in [0.15, 0.2) is 47.4 Å². The molecule has 2 saturated heterocycles. The summed E-state index contributed by atoms with van der Waals surface area (Å²) in [4.78, 5) is 37.8. The molecule has 2 aliphatic heterocycles. The normalized spacial score (nSPS) is 18.9. The second kappa shape index (κ2) is 11.5. The number of benzene rings is 2. The zero-order valence-corrected chi connectivity index (χ0v) is 24.1. The number of fused-ring (bicyclic) bond motifs is 2. The summed E-state index contributed by atoms with van der Waals surface area (Å²) in [7, 11) is 1.78. The molecule has 4 heterocycles. The number of amides is 1. The van der Waals surface area contributed by atoms with Crippen molar-refractivity contribution in [2.24, 2.45) is 0 Å². The maximum Gasteiger partial charge on any atom is 0.410 e. The van der Waals surface area contributed by atoms with Gasteiger partial charge in [0.2, 0.25) is 0 Å². The van der Waals surface area contributed by atoms with E-state index in [2.05, 4.69) is 21.7 Å². The lowest BCUT2D eigenvalue weighted by Crippen LogP contribution is -2.45. The third-order valence-electron chi connectivity index (χ3n) is 7.90. The first kappa shape index (κ1) is 27.8. The molecule has 2 aliphatic rings. The number of nitriles is 1. The minimum Gasteiger partial charge on any atom is -0.447 e. The molecule has 2 fully saturated rings. The molecular formula is C30H31N7O4S. The fourth-order valence-electron chi connectivity index (χ4n) is 5.64. The van der Waals surface area contributed by atoms with Crippen LogP contribution >= 0.6 is 11.3 Å². The van der Waals surface area contributed by atoms with Crippen molar-refractivity contribution in [1.82, 2.24) is 24.8 Å². The molecule has 42 heavy (non-hydrogen) atoms. The fourth-order valence-corrected chi connectivity index (χ4v) is 6.57. The maximum absolute atomic E-state index is 13.8. The number of likely N-dealkylation sites (N-methyl/N-ethyl adjacent to an activating group) is 1. The highest BCUT2D eigenvalue weighted by atomic mass is 32.1. The van der Waals surface area contributed by atoms with Gasteiger partial charge in [-0.15, -0.1) is 11.3 Å². The Labute approximate surface area is 246 Å². The summed E-state index contributed by atoms with van der Waals surface area (Å²) in [6.45, 7) is 3.52. The predicted octanol–water partition coefficient (Wildman–Crippen LogP) is 3.40. The predicted molar refractivity (Wildman–Crippen MR) is 159 cm³/mol. The number of hydrogen-bond donors (Lipinski definition) is 3. The summed E-state index contributed by atoms with van der Waals surface area (Å²) in [5.74, 6) is 0.575. The van der Waals surface area contributed by atoms with Crippen LogP contribution in [-0.2, 0) is 11.3 Å². The van der Waals surface area contributed by atoms with Crippen molar-refractivity contribution in [2.75, 3.05) is 32.1 Å². The highest BCUT2D eigenvalue weighted by molar-refractivity contribution is 7.15. The van der Waals surface area contributed by atoms with Crippen molar-refractivity contribution in [3.05, 3.63) is 74.8 Å². The van der Waals surface area contributed by atoms with Crippen molar-refractivity contribution in [1.29, 1.82) is 5.26 Å². The molecule has 3 atom stereocenters. The highest BCUT2D eigenvalue weighted by Gasteiger charge is 2.38. The summed E-state index contributed by atoms with van der Waals surface area (Å²) < 4.78 is 6.89. The van der Waals surface area contributed by atoms with E-state index in [1.54, 1.807) is 34.8 Å². The average Bonchev–Trinajstić information content (AvgIpc) is 3.63. The van der Waals surface area contributed by atoms with Gasteiger partial charge in [0, 0.05) is 36.6 Å². The third kappa shape index (κ3) is 5.34. The van der Waals surface area contributed by atoms with Crippen LogP contribution in [-0.4, -0.2) is 69.5 Å². The van der Waals surface area contributed by atoms with Crippen molar-refractivity contribution in [3.63, 3.8) is 0 Å². The topological polar surface area (TPSA) is 145 Å². The molecule has 0 aliphatic carbocycles. The minimum absolute atomic E-state index is 0.0183. The Morgan fingerprint density at radius 3 is 2.83 bits per heavy atom. The van der Waals surface area contributed by atoms with E-state index in [0.717, 1.165) is 34.5 Å². The van der Waals surface area contributed by atoms with Gasteiger partial charge in [0.25, 0.3) is 5.56 Å². The average molecular weight is 586 g/mol. The number of nitrogens with zero attached hydrogens (tertiary/aromatic N) is 5. The lowest BCUT2D eigenvalue weighted by Gasteiger charge is -2.33. The number of carbonyl (C=O) groups excluding carboxylic acids is 1. The Morgan fingerprint density at radius 2 is 2.07 bits per heavy atom. The Kier molecular flexibility index (Phi) is 7.64. The van der Waals surface area contributed by atoms with E-state index >= 15 is 0 Å². The summed E-state index contributed by atoms with van der Waals surface area (Å²) in [5.41, 5.74) is 3.41. The number of aliphatic hydroxyl groups excluding tert-OH is 1. The summed E-state index contributed by atoms with van der Waals surface area (Å²) in [6.07, 6.45) is 2.20. The molecule has 216 valence electrons. The molecule has 2 aromatic heterocycles. The van der Waals surface area contributed by atoms with Crippen molar-refractivity contribution < 1.29 is 14.6 Å². The van der Waals surface area contributed by atoms with E-state index < -0.39 is 6.10 Å². The largest absolute Gasteiger partial charge is 0.447 e. The van der Waals surface area contributed by atoms with Gasteiger partial charge in [0.15, 0.2) is 0 Å². The number of aliphatic hydroxyl groups is 1. The molecule has 2 aromatic carbocycles. The first-order chi connectivity index (χ1) is 20.3. The van der Waals surface area contributed by atoms with E-state index in [1.165, 1.54) is 11.3 Å². The number of aryl methyl sites for hydroxylation is 1. The smallest absolute Gasteiger partial charge is 0.410 e. The molecule has 4 aromatic rings. The number of cyclic esters (lactones) is 1. The number of aromatic nitrogens is 3.